The lowest BCUT2D eigenvalue weighted by Crippen LogP contribution is -2.44. The molecule has 0 fully saturated rings. The van der Waals surface area contributed by atoms with Crippen LogP contribution in [0.25, 0.3) is 6.08 Å². The highest BCUT2D eigenvalue weighted by Crippen LogP contribution is 2.30. The first kappa shape index (κ1) is 20.8. The summed E-state index contributed by atoms with van der Waals surface area (Å²) in [6.07, 6.45) is 3.37. The molecule has 0 saturated heterocycles. The van der Waals surface area contributed by atoms with Crippen molar-refractivity contribution in [2.45, 2.75) is 31.2 Å². The molecule has 2 heterocycles. The first-order chi connectivity index (χ1) is 14.5. The number of benzene rings is 2. The van der Waals surface area contributed by atoms with Crippen LogP contribution in [0.15, 0.2) is 42.5 Å². The zero-order valence-corrected chi connectivity index (χ0v) is 16.4. The second kappa shape index (κ2) is 9.12. The minimum atomic E-state index is -0.742. The number of rotatable bonds is 7. The van der Waals surface area contributed by atoms with E-state index in [9.17, 15) is 19.0 Å². The van der Waals surface area contributed by atoms with Crippen LogP contribution in [0.4, 0.5) is 8.78 Å². The van der Waals surface area contributed by atoms with E-state index >= 15 is 0 Å². The van der Waals surface area contributed by atoms with Crippen molar-refractivity contribution in [3.8, 4) is 11.5 Å². The van der Waals surface area contributed by atoms with Gasteiger partial charge >= 0.3 is 0 Å². The summed E-state index contributed by atoms with van der Waals surface area (Å²) in [5, 5.41) is 23.5. The lowest BCUT2D eigenvalue weighted by molar-refractivity contribution is 0.0223. The van der Waals surface area contributed by atoms with Gasteiger partial charge in [-0.15, -0.1) is 0 Å². The van der Waals surface area contributed by atoms with Gasteiger partial charge in [-0.1, -0.05) is 6.08 Å². The van der Waals surface area contributed by atoms with Gasteiger partial charge in [0.05, 0.1) is 6.61 Å². The molecule has 0 spiro atoms. The third-order valence-corrected chi connectivity index (χ3v) is 5.59. The van der Waals surface area contributed by atoms with Crippen molar-refractivity contribution >= 4 is 6.08 Å². The van der Waals surface area contributed by atoms with Crippen LogP contribution in [0.3, 0.4) is 0 Å². The molecule has 30 heavy (non-hydrogen) atoms. The van der Waals surface area contributed by atoms with E-state index in [1.54, 1.807) is 24.3 Å². The predicted octanol–water partition coefficient (Wildman–Crippen LogP) is 2.69. The molecule has 2 aliphatic rings. The number of hydrogen-bond acceptors (Lipinski definition) is 5. The van der Waals surface area contributed by atoms with Gasteiger partial charge in [0, 0.05) is 24.6 Å². The molecular formula is C23H25F2NO4. The molecule has 0 aromatic heterocycles. The quantitative estimate of drug-likeness (QED) is 0.646. The molecule has 0 aliphatic carbocycles. The molecule has 4 rings (SSSR count). The van der Waals surface area contributed by atoms with Gasteiger partial charge in [-0.05, 0) is 60.9 Å². The van der Waals surface area contributed by atoms with Gasteiger partial charge in [-0.3, -0.25) is 0 Å². The molecule has 7 heteroatoms. The first-order valence-corrected chi connectivity index (χ1v) is 10.1. The Morgan fingerprint density at radius 1 is 1.03 bits per heavy atom. The van der Waals surface area contributed by atoms with Crippen LogP contribution in [-0.2, 0) is 6.42 Å². The van der Waals surface area contributed by atoms with Crippen molar-refractivity contribution < 1.29 is 28.5 Å². The van der Waals surface area contributed by atoms with E-state index in [1.165, 1.54) is 24.3 Å². The lowest BCUT2D eigenvalue weighted by Gasteiger charge is -2.31. The lowest BCUT2D eigenvalue weighted by atomic mass is 9.98. The third kappa shape index (κ3) is 4.64. The highest BCUT2D eigenvalue weighted by Gasteiger charge is 2.28. The molecule has 0 bridgehead atoms. The van der Waals surface area contributed by atoms with Crippen molar-refractivity contribution in [1.29, 1.82) is 0 Å². The Labute approximate surface area is 173 Å². The molecular weight excluding hydrogens is 392 g/mol. The Kier molecular flexibility index (Phi) is 6.32. The van der Waals surface area contributed by atoms with Gasteiger partial charge in [0.15, 0.2) is 0 Å². The molecule has 0 saturated carbocycles. The fraction of sp³-hybridized carbons (Fsp3) is 0.391. The highest BCUT2D eigenvalue weighted by atomic mass is 19.1. The number of hydrogen-bond donors (Lipinski definition) is 3. The maximum Gasteiger partial charge on any atom is 0.127 e. The van der Waals surface area contributed by atoms with Crippen LogP contribution >= 0.6 is 0 Å². The minimum Gasteiger partial charge on any atom is -0.487 e. The van der Waals surface area contributed by atoms with Crippen LogP contribution in [0.2, 0.25) is 0 Å². The van der Waals surface area contributed by atoms with Crippen molar-refractivity contribution in [1.82, 2.24) is 5.32 Å². The molecule has 0 radical (unpaired) electrons. The molecule has 4 atom stereocenters. The van der Waals surface area contributed by atoms with E-state index < -0.39 is 6.10 Å². The van der Waals surface area contributed by atoms with Crippen LogP contribution in [-0.4, -0.2) is 48.2 Å². The van der Waals surface area contributed by atoms with E-state index in [1.807, 2.05) is 0 Å². The summed E-state index contributed by atoms with van der Waals surface area (Å²) < 4.78 is 38.4. The number of aryl methyl sites for hydroxylation is 1. The van der Waals surface area contributed by atoms with Crippen LogP contribution in [0, 0.1) is 17.6 Å². The largest absolute Gasteiger partial charge is 0.487 e. The normalized spacial score (nSPS) is 21.7. The van der Waals surface area contributed by atoms with E-state index in [2.05, 4.69) is 5.32 Å². The SMILES string of the molecule is OCC(CNC[C@@H](O)[C@H]1CCc2cc(F)ccc2O1)C1C=Cc2cc(F)ccc2O1. The maximum atomic E-state index is 13.3. The van der Waals surface area contributed by atoms with Crippen molar-refractivity contribution in [2.75, 3.05) is 19.7 Å². The van der Waals surface area contributed by atoms with Gasteiger partial charge in [0.2, 0.25) is 0 Å². The molecule has 2 aromatic rings. The van der Waals surface area contributed by atoms with Crippen LogP contribution in [0.1, 0.15) is 17.5 Å². The summed E-state index contributed by atoms with van der Waals surface area (Å²) in [5.74, 6) is 0.332. The van der Waals surface area contributed by atoms with Gasteiger partial charge in [-0.2, -0.15) is 0 Å². The predicted molar refractivity (Wildman–Crippen MR) is 108 cm³/mol. The number of aliphatic hydroxyl groups excluding tert-OH is 2. The average molecular weight is 417 g/mol. The summed E-state index contributed by atoms with van der Waals surface area (Å²) >= 11 is 0. The zero-order chi connectivity index (χ0) is 21.1. The number of halogens is 2. The number of nitrogens with one attached hydrogen (secondary N) is 1. The second-order valence-electron chi connectivity index (χ2n) is 7.74. The third-order valence-electron chi connectivity index (χ3n) is 5.59. The molecule has 0 amide bonds. The monoisotopic (exact) mass is 417 g/mol. The molecule has 160 valence electrons. The summed E-state index contributed by atoms with van der Waals surface area (Å²) in [4.78, 5) is 0. The summed E-state index contributed by atoms with van der Waals surface area (Å²) in [6, 6.07) is 8.73. The Morgan fingerprint density at radius 3 is 2.60 bits per heavy atom. The summed E-state index contributed by atoms with van der Waals surface area (Å²) in [7, 11) is 0. The maximum absolute atomic E-state index is 13.3. The minimum absolute atomic E-state index is 0.104. The Morgan fingerprint density at radius 2 is 1.80 bits per heavy atom. The van der Waals surface area contributed by atoms with Gasteiger partial charge < -0.3 is 25.0 Å². The fourth-order valence-electron chi connectivity index (χ4n) is 3.88. The van der Waals surface area contributed by atoms with E-state index in [-0.39, 0.29) is 42.9 Å². The van der Waals surface area contributed by atoms with Gasteiger partial charge in [0.25, 0.3) is 0 Å². The molecule has 3 N–H and O–H groups in total. The highest BCUT2D eigenvalue weighted by molar-refractivity contribution is 5.60. The number of fused-ring (bicyclic) bond motifs is 2. The number of aliphatic hydroxyl groups is 2. The first-order valence-electron chi connectivity index (χ1n) is 10.1. The Hall–Kier alpha value is -2.48. The van der Waals surface area contributed by atoms with E-state index in [0.29, 0.717) is 36.4 Å². The Balaban J connectivity index is 1.28. The Bertz CT molecular complexity index is 920. The molecule has 2 aromatic carbocycles. The van der Waals surface area contributed by atoms with Gasteiger partial charge in [0.1, 0.15) is 41.4 Å². The van der Waals surface area contributed by atoms with E-state index in [4.69, 9.17) is 9.47 Å². The van der Waals surface area contributed by atoms with Crippen LogP contribution < -0.4 is 14.8 Å². The van der Waals surface area contributed by atoms with Crippen molar-refractivity contribution in [2.24, 2.45) is 5.92 Å². The summed E-state index contributed by atoms with van der Waals surface area (Å²) in [6.45, 7) is 0.608. The molecule has 2 aliphatic heterocycles. The second-order valence-corrected chi connectivity index (χ2v) is 7.74. The van der Waals surface area contributed by atoms with Crippen molar-refractivity contribution in [3.05, 3.63) is 65.2 Å². The van der Waals surface area contributed by atoms with Crippen molar-refractivity contribution in [3.63, 3.8) is 0 Å². The molecule has 2 unspecified atom stereocenters. The smallest absolute Gasteiger partial charge is 0.127 e. The topological polar surface area (TPSA) is 71.0 Å². The number of ether oxygens (including phenoxy) is 2. The standard InChI is InChI=1S/C23H25F2NO4/c24-17-3-7-20-14(9-17)1-5-22(29-20)16(13-27)11-26-12-19(28)23-6-2-15-10-18(25)4-8-21(15)30-23/h1,3-5,7-10,16,19,22-23,26-28H,2,6,11-13H2/t16?,19-,22?,23-/m1/s1. The fourth-order valence-corrected chi connectivity index (χ4v) is 3.88. The zero-order valence-electron chi connectivity index (χ0n) is 16.4. The average Bonchev–Trinajstić information content (AvgIpc) is 2.76. The van der Waals surface area contributed by atoms with E-state index in [0.717, 1.165) is 5.56 Å². The molecule has 5 nitrogen and oxygen atoms in total. The summed E-state index contributed by atoms with van der Waals surface area (Å²) in [5.41, 5.74) is 1.48. The van der Waals surface area contributed by atoms with Gasteiger partial charge in [-0.25, -0.2) is 8.78 Å². The van der Waals surface area contributed by atoms with Crippen LogP contribution in [0.5, 0.6) is 11.5 Å².